The van der Waals surface area contributed by atoms with Crippen LogP contribution in [-0.4, -0.2) is 13.2 Å². The molecule has 0 N–H and O–H groups in total. The van der Waals surface area contributed by atoms with Crippen molar-refractivity contribution in [3.8, 4) is 0 Å². The number of hydrogen-bond donors (Lipinski definition) is 0. The molecule has 0 fully saturated rings. The number of hydrogen-bond acceptors (Lipinski definition) is 2. The topological polar surface area (TPSA) is 18.5 Å². The van der Waals surface area contributed by atoms with E-state index in [1.807, 2.05) is 0 Å². The zero-order chi connectivity index (χ0) is 14.7. The Balaban J connectivity index is 2.89. The molecular formula is C18H38O2. The number of rotatable bonds is 17. The Kier molecular flexibility index (Phi) is 18.8. The second-order valence-corrected chi connectivity index (χ2v) is 5.89. The second kappa shape index (κ2) is 18.9. The highest BCUT2D eigenvalue weighted by Crippen LogP contribution is 2.11. The van der Waals surface area contributed by atoms with E-state index in [0.29, 0.717) is 0 Å². The van der Waals surface area contributed by atoms with Gasteiger partial charge in [-0.3, -0.25) is 0 Å². The van der Waals surface area contributed by atoms with Crippen LogP contribution in [-0.2, 0) is 9.78 Å². The molecule has 0 aromatic heterocycles. The lowest BCUT2D eigenvalue weighted by Crippen LogP contribution is -1.98. The summed E-state index contributed by atoms with van der Waals surface area (Å²) in [6.07, 6.45) is 18.8. The summed E-state index contributed by atoms with van der Waals surface area (Å²) >= 11 is 0. The largest absolute Gasteiger partial charge is 0.237 e. The zero-order valence-electron chi connectivity index (χ0n) is 14.1. The minimum Gasteiger partial charge on any atom is -0.237 e. The van der Waals surface area contributed by atoms with E-state index in [1.165, 1.54) is 77.0 Å². The first-order valence-corrected chi connectivity index (χ1v) is 9.16. The summed E-state index contributed by atoms with van der Waals surface area (Å²) in [6.45, 7) is 5.95. The van der Waals surface area contributed by atoms with Crippen molar-refractivity contribution in [2.75, 3.05) is 13.2 Å². The first kappa shape index (κ1) is 19.9. The fourth-order valence-corrected chi connectivity index (χ4v) is 2.32. The predicted molar refractivity (Wildman–Crippen MR) is 87.9 cm³/mol. The highest BCUT2D eigenvalue weighted by atomic mass is 17.2. The second-order valence-electron chi connectivity index (χ2n) is 5.89. The molecule has 0 heterocycles. The van der Waals surface area contributed by atoms with Crippen molar-refractivity contribution >= 4 is 0 Å². The van der Waals surface area contributed by atoms with Gasteiger partial charge in [-0.1, -0.05) is 90.9 Å². The van der Waals surface area contributed by atoms with E-state index in [0.717, 1.165) is 26.1 Å². The van der Waals surface area contributed by atoms with Gasteiger partial charge in [-0.2, -0.15) is 0 Å². The Morgan fingerprint density at radius 3 is 1.20 bits per heavy atom. The van der Waals surface area contributed by atoms with Gasteiger partial charge in [-0.15, -0.1) is 0 Å². The maximum absolute atomic E-state index is 5.13. The third-order valence-electron chi connectivity index (χ3n) is 3.75. The lowest BCUT2D eigenvalue weighted by Gasteiger charge is -2.04. The summed E-state index contributed by atoms with van der Waals surface area (Å²) in [6, 6.07) is 0. The van der Waals surface area contributed by atoms with Gasteiger partial charge in [0.15, 0.2) is 0 Å². The molecule has 20 heavy (non-hydrogen) atoms. The summed E-state index contributed by atoms with van der Waals surface area (Å²) in [5.74, 6) is 0. The lowest BCUT2D eigenvalue weighted by atomic mass is 10.1. The van der Waals surface area contributed by atoms with Crippen molar-refractivity contribution in [2.24, 2.45) is 0 Å². The molecule has 0 saturated carbocycles. The molecule has 2 nitrogen and oxygen atoms in total. The van der Waals surface area contributed by atoms with Crippen molar-refractivity contribution in [3.63, 3.8) is 0 Å². The molecule has 0 aliphatic rings. The summed E-state index contributed by atoms with van der Waals surface area (Å²) in [4.78, 5) is 10.2. The van der Waals surface area contributed by atoms with Gasteiger partial charge in [-0.05, 0) is 12.8 Å². The molecule has 0 unspecified atom stereocenters. The average molecular weight is 286 g/mol. The van der Waals surface area contributed by atoms with Crippen LogP contribution in [0.15, 0.2) is 0 Å². The third kappa shape index (κ3) is 17.9. The molecule has 0 aliphatic heterocycles. The molecule has 0 aromatic carbocycles. The van der Waals surface area contributed by atoms with Gasteiger partial charge in [0.2, 0.25) is 0 Å². The standard InChI is InChI=1S/C18H38O2/c1-3-5-7-8-9-10-11-12-13-14-15-16-18-20-19-17-6-4-2/h3-18H2,1-2H3. The Bertz CT molecular complexity index is 141. The van der Waals surface area contributed by atoms with Gasteiger partial charge in [-0.25, -0.2) is 9.78 Å². The summed E-state index contributed by atoms with van der Waals surface area (Å²) in [5, 5.41) is 0. The van der Waals surface area contributed by atoms with Crippen LogP contribution >= 0.6 is 0 Å². The van der Waals surface area contributed by atoms with Crippen LogP contribution in [0.1, 0.15) is 104 Å². The van der Waals surface area contributed by atoms with Crippen molar-refractivity contribution in [2.45, 2.75) is 104 Å². The van der Waals surface area contributed by atoms with Crippen LogP contribution in [0.5, 0.6) is 0 Å². The molecule has 122 valence electrons. The van der Waals surface area contributed by atoms with Crippen LogP contribution in [0.25, 0.3) is 0 Å². The highest BCUT2D eigenvalue weighted by molar-refractivity contribution is 4.48. The minimum absolute atomic E-state index is 0.745. The van der Waals surface area contributed by atoms with E-state index in [1.54, 1.807) is 0 Å². The smallest absolute Gasteiger partial charge is 0.0822 e. The molecule has 0 spiro atoms. The van der Waals surface area contributed by atoms with Gasteiger partial charge in [0.1, 0.15) is 0 Å². The van der Waals surface area contributed by atoms with E-state index >= 15 is 0 Å². The minimum atomic E-state index is 0.745. The first-order valence-electron chi connectivity index (χ1n) is 9.16. The third-order valence-corrected chi connectivity index (χ3v) is 3.75. The zero-order valence-corrected chi connectivity index (χ0v) is 14.1. The van der Waals surface area contributed by atoms with Crippen molar-refractivity contribution < 1.29 is 9.78 Å². The van der Waals surface area contributed by atoms with E-state index in [4.69, 9.17) is 9.78 Å². The van der Waals surface area contributed by atoms with Crippen molar-refractivity contribution in [3.05, 3.63) is 0 Å². The van der Waals surface area contributed by atoms with Gasteiger partial charge < -0.3 is 0 Å². The van der Waals surface area contributed by atoms with E-state index in [-0.39, 0.29) is 0 Å². The Morgan fingerprint density at radius 1 is 0.400 bits per heavy atom. The maximum Gasteiger partial charge on any atom is 0.0822 e. The van der Waals surface area contributed by atoms with E-state index < -0.39 is 0 Å². The SMILES string of the molecule is CCCCCCCCCCCCCCOOCCCC. The Hall–Kier alpha value is -0.0800. The van der Waals surface area contributed by atoms with Crippen LogP contribution in [0.3, 0.4) is 0 Å². The quantitative estimate of drug-likeness (QED) is 0.174. The molecule has 0 aliphatic carbocycles. The molecule has 0 rings (SSSR count). The fraction of sp³-hybridized carbons (Fsp3) is 1.00. The molecule has 2 heteroatoms. The summed E-state index contributed by atoms with van der Waals surface area (Å²) < 4.78 is 0. The van der Waals surface area contributed by atoms with E-state index in [2.05, 4.69) is 13.8 Å². The molecule has 0 bridgehead atoms. The maximum atomic E-state index is 5.13. The molecule has 0 saturated heterocycles. The molecule has 0 radical (unpaired) electrons. The Morgan fingerprint density at radius 2 is 0.750 bits per heavy atom. The van der Waals surface area contributed by atoms with Gasteiger partial charge in [0, 0.05) is 0 Å². The Labute approximate surface area is 127 Å². The molecule has 0 atom stereocenters. The summed E-state index contributed by atoms with van der Waals surface area (Å²) in [5.41, 5.74) is 0. The van der Waals surface area contributed by atoms with Crippen LogP contribution in [0.2, 0.25) is 0 Å². The average Bonchev–Trinajstić information content (AvgIpc) is 2.47. The first-order chi connectivity index (χ1) is 9.91. The van der Waals surface area contributed by atoms with Gasteiger partial charge in [0.25, 0.3) is 0 Å². The molecule has 0 aromatic rings. The summed E-state index contributed by atoms with van der Waals surface area (Å²) in [7, 11) is 0. The predicted octanol–water partition coefficient (Wildman–Crippen LogP) is 6.44. The van der Waals surface area contributed by atoms with Crippen LogP contribution in [0.4, 0.5) is 0 Å². The molecular weight excluding hydrogens is 248 g/mol. The monoisotopic (exact) mass is 286 g/mol. The van der Waals surface area contributed by atoms with Gasteiger partial charge in [0.05, 0.1) is 13.2 Å². The fourth-order valence-electron chi connectivity index (χ4n) is 2.32. The van der Waals surface area contributed by atoms with Crippen LogP contribution < -0.4 is 0 Å². The van der Waals surface area contributed by atoms with Crippen molar-refractivity contribution in [1.29, 1.82) is 0 Å². The highest BCUT2D eigenvalue weighted by Gasteiger charge is 1.94. The lowest BCUT2D eigenvalue weighted by molar-refractivity contribution is -0.295. The normalized spacial score (nSPS) is 11.1. The van der Waals surface area contributed by atoms with Crippen molar-refractivity contribution in [1.82, 2.24) is 0 Å². The van der Waals surface area contributed by atoms with E-state index in [9.17, 15) is 0 Å². The number of unbranched alkanes of at least 4 members (excludes halogenated alkanes) is 12. The van der Waals surface area contributed by atoms with Gasteiger partial charge >= 0.3 is 0 Å². The van der Waals surface area contributed by atoms with Crippen LogP contribution in [0, 0.1) is 0 Å². The molecule has 0 amide bonds.